The molecule has 128 valence electrons. The van der Waals surface area contributed by atoms with Gasteiger partial charge in [-0.15, -0.1) is 10.2 Å². The van der Waals surface area contributed by atoms with Crippen LogP contribution in [0.15, 0.2) is 12.1 Å². The van der Waals surface area contributed by atoms with Crippen molar-refractivity contribution in [3.8, 4) is 17.8 Å². The number of carbonyl (C=O) groups excluding carboxylic acids is 1. The predicted octanol–water partition coefficient (Wildman–Crippen LogP) is 0.408. The van der Waals surface area contributed by atoms with Gasteiger partial charge in [0.2, 0.25) is 23.7 Å². The molecular formula is C13H17N7O4. The quantitative estimate of drug-likeness (QED) is 0.677. The second-order valence-electron chi connectivity index (χ2n) is 4.43. The second kappa shape index (κ2) is 7.85. The first-order chi connectivity index (χ1) is 11.5. The van der Waals surface area contributed by atoms with Crippen LogP contribution >= 0.6 is 0 Å². The first-order valence-corrected chi connectivity index (χ1v) is 7.03. The van der Waals surface area contributed by atoms with Gasteiger partial charge in [-0.1, -0.05) is 0 Å². The molecule has 0 amide bonds. The molecule has 0 saturated heterocycles. The zero-order valence-electron chi connectivity index (χ0n) is 13.4. The van der Waals surface area contributed by atoms with Crippen molar-refractivity contribution >= 4 is 17.9 Å². The van der Waals surface area contributed by atoms with Crippen LogP contribution in [0, 0.1) is 0 Å². The Morgan fingerprint density at radius 2 is 1.96 bits per heavy atom. The van der Waals surface area contributed by atoms with Crippen molar-refractivity contribution in [2.45, 2.75) is 20.0 Å². The number of carbonyl (C=O) groups is 1. The lowest BCUT2D eigenvalue weighted by molar-refractivity contribution is -0.148. The Hall–Kier alpha value is -3.24. The highest BCUT2D eigenvalue weighted by Crippen LogP contribution is 2.18. The summed E-state index contributed by atoms with van der Waals surface area (Å²) in [6.07, 6.45) is -0.804. The minimum Gasteiger partial charge on any atom is -0.466 e. The fourth-order valence-electron chi connectivity index (χ4n) is 1.57. The minimum atomic E-state index is -0.804. The van der Waals surface area contributed by atoms with Crippen LogP contribution in [0.3, 0.4) is 0 Å². The minimum absolute atomic E-state index is 0.00997. The first-order valence-electron chi connectivity index (χ1n) is 7.03. The molecule has 11 heteroatoms. The molecule has 3 N–H and O–H groups in total. The Kier molecular flexibility index (Phi) is 5.60. The van der Waals surface area contributed by atoms with Gasteiger partial charge in [0, 0.05) is 18.7 Å². The fraction of sp³-hybridized carbons (Fsp3) is 0.385. The molecule has 24 heavy (non-hydrogen) atoms. The molecule has 0 bridgehead atoms. The number of rotatable bonds is 7. The zero-order chi connectivity index (χ0) is 17.5. The highest BCUT2D eigenvalue weighted by molar-refractivity contribution is 5.74. The van der Waals surface area contributed by atoms with E-state index in [1.807, 2.05) is 6.92 Å². The van der Waals surface area contributed by atoms with E-state index >= 15 is 0 Å². The van der Waals surface area contributed by atoms with Crippen LogP contribution < -0.4 is 20.5 Å². The van der Waals surface area contributed by atoms with Gasteiger partial charge in [-0.05, 0) is 13.8 Å². The molecule has 1 atom stereocenters. The van der Waals surface area contributed by atoms with Crippen LogP contribution in [0.2, 0.25) is 0 Å². The van der Waals surface area contributed by atoms with Gasteiger partial charge in [-0.3, -0.25) is 0 Å². The van der Waals surface area contributed by atoms with Gasteiger partial charge in [0.05, 0.1) is 7.11 Å². The lowest BCUT2D eigenvalue weighted by Crippen LogP contribution is -2.25. The van der Waals surface area contributed by atoms with Crippen LogP contribution in [-0.4, -0.2) is 50.9 Å². The normalized spacial score (nSPS) is 11.5. The van der Waals surface area contributed by atoms with E-state index in [1.165, 1.54) is 26.2 Å². The Bertz CT molecular complexity index is 695. The van der Waals surface area contributed by atoms with Gasteiger partial charge in [-0.25, -0.2) is 4.79 Å². The zero-order valence-corrected chi connectivity index (χ0v) is 13.4. The number of aromatic nitrogens is 5. The van der Waals surface area contributed by atoms with Crippen molar-refractivity contribution in [1.29, 1.82) is 0 Å². The summed E-state index contributed by atoms with van der Waals surface area (Å²) in [5.74, 6) is 0.0502. The molecule has 0 unspecified atom stereocenters. The van der Waals surface area contributed by atoms with Crippen LogP contribution in [0.1, 0.15) is 13.8 Å². The maximum Gasteiger partial charge on any atom is 0.346 e. The molecule has 0 spiro atoms. The molecule has 0 aliphatic carbocycles. The number of nitrogen functional groups attached to an aromatic ring is 1. The Morgan fingerprint density at radius 3 is 2.58 bits per heavy atom. The van der Waals surface area contributed by atoms with Gasteiger partial charge < -0.3 is 25.3 Å². The molecule has 2 aromatic heterocycles. The number of nitrogens with two attached hydrogens (primary N) is 1. The molecule has 0 fully saturated rings. The third kappa shape index (κ3) is 4.63. The number of ether oxygens (including phenoxy) is 3. The van der Waals surface area contributed by atoms with Crippen LogP contribution in [0.25, 0.3) is 0 Å². The molecule has 0 aliphatic rings. The van der Waals surface area contributed by atoms with Gasteiger partial charge in [0.1, 0.15) is 0 Å². The summed E-state index contributed by atoms with van der Waals surface area (Å²) >= 11 is 0. The molecule has 0 aliphatic heterocycles. The average Bonchev–Trinajstić information content (AvgIpc) is 2.55. The van der Waals surface area contributed by atoms with Crippen molar-refractivity contribution in [1.82, 2.24) is 25.1 Å². The average molecular weight is 335 g/mol. The monoisotopic (exact) mass is 335 g/mol. The molecule has 2 rings (SSSR count). The molecule has 0 radical (unpaired) electrons. The maximum absolute atomic E-state index is 11.3. The number of hydrogen-bond donors (Lipinski definition) is 2. The SMILES string of the molecule is CCNc1nc(N)nc(Oc2ccc(O[C@H](C)C(=O)OC)nn2)n1. The summed E-state index contributed by atoms with van der Waals surface area (Å²) in [4.78, 5) is 23.1. The van der Waals surface area contributed by atoms with Crippen molar-refractivity contribution in [2.75, 3.05) is 24.7 Å². The number of anilines is 2. The summed E-state index contributed by atoms with van der Waals surface area (Å²) in [6, 6.07) is 2.95. The molecule has 11 nitrogen and oxygen atoms in total. The highest BCUT2D eigenvalue weighted by atomic mass is 16.6. The third-order valence-corrected chi connectivity index (χ3v) is 2.61. The maximum atomic E-state index is 11.3. The number of esters is 1. The third-order valence-electron chi connectivity index (χ3n) is 2.61. The molecule has 2 aromatic rings. The van der Waals surface area contributed by atoms with Gasteiger partial charge in [0.25, 0.3) is 0 Å². The lowest BCUT2D eigenvalue weighted by Gasteiger charge is -2.11. The van der Waals surface area contributed by atoms with Crippen LogP contribution in [-0.2, 0) is 9.53 Å². The number of methoxy groups -OCH3 is 1. The highest BCUT2D eigenvalue weighted by Gasteiger charge is 2.16. The summed E-state index contributed by atoms with van der Waals surface area (Å²) in [5, 5.41) is 10.5. The summed E-state index contributed by atoms with van der Waals surface area (Å²) in [7, 11) is 1.27. The van der Waals surface area contributed by atoms with Crippen molar-refractivity contribution in [2.24, 2.45) is 0 Å². The fourth-order valence-corrected chi connectivity index (χ4v) is 1.57. The van der Waals surface area contributed by atoms with Crippen LogP contribution in [0.4, 0.5) is 11.9 Å². The summed E-state index contributed by atoms with van der Waals surface area (Å²) in [6.45, 7) is 4.04. The van der Waals surface area contributed by atoms with Crippen molar-refractivity contribution in [3.63, 3.8) is 0 Å². The molecular weight excluding hydrogens is 318 g/mol. The standard InChI is InChI=1S/C13H17N7O4/c1-4-15-12-16-11(14)17-13(18-12)24-9-6-5-8(19-20-9)23-7(2)10(21)22-3/h5-7H,4H2,1-3H3,(H3,14,15,16,17,18)/t7-/m1/s1. The Balaban J connectivity index is 2.05. The van der Waals surface area contributed by atoms with Gasteiger partial charge in [0.15, 0.2) is 6.10 Å². The lowest BCUT2D eigenvalue weighted by atomic mass is 10.4. The van der Waals surface area contributed by atoms with E-state index in [4.69, 9.17) is 15.2 Å². The summed E-state index contributed by atoms with van der Waals surface area (Å²) in [5.41, 5.74) is 5.58. The van der Waals surface area contributed by atoms with E-state index in [-0.39, 0.29) is 23.7 Å². The largest absolute Gasteiger partial charge is 0.466 e. The predicted molar refractivity (Wildman–Crippen MR) is 82.6 cm³/mol. The van der Waals surface area contributed by atoms with Gasteiger partial charge >= 0.3 is 12.0 Å². The van der Waals surface area contributed by atoms with Gasteiger partial charge in [-0.2, -0.15) is 15.0 Å². The number of nitrogens with one attached hydrogen (secondary N) is 1. The smallest absolute Gasteiger partial charge is 0.346 e. The number of hydrogen-bond acceptors (Lipinski definition) is 11. The topological polar surface area (TPSA) is 147 Å². The van der Waals surface area contributed by atoms with E-state index in [0.29, 0.717) is 12.5 Å². The Morgan fingerprint density at radius 1 is 1.25 bits per heavy atom. The van der Waals surface area contributed by atoms with E-state index in [0.717, 1.165) is 0 Å². The summed E-state index contributed by atoms with van der Waals surface area (Å²) < 4.78 is 15.2. The second-order valence-corrected chi connectivity index (χ2v) is 4.43. The molecule has 0 saturated carbocycles. The Labute approximate surface area is 137 Å². The van der Waals surface area contributed by atoms with E-state index in [2.05, 4.69) is 35.2 Å². The number of nitrogens with zero attached hydrogens (tertiary/aromatic N) is 5. The van der Waals surface area contributed by atoms with E-state index in [1.54, 1.807) is 0 Å². The van der Waals surface area contributed by atoms with E-state index < -0.39 is 12.1 Å². The first kappa shape index (κ1) is 17.1. The van der Waals surface area contributed by atoms with E-state index in [9.17, 15) is 4.79 Å². The van der Waals surface area contributed by atoms with Crippen molar-refractivity contribution < 1.29 is 19.0 Å². The van der Waals surface area contributed by atoms with Crippen molar-refractivity contribution in [3.05, 3.63) is 12.1 Å². The molecule has 0 aromatic carbocycles. The van der Waals surface area contributed by atoms with Crippen LogP contribution in [0.5, 0.6) is 17.8 Å². The molecule has 2 heterocycles.